The van der Waals surface area contributed by atoms with Gasteiger partial charge in [-0.3, -0.25) is 4.48 Å². The number of fused-ring (bicyclic) bond motifs is 5. The van der Waals surface area contributed by atoms with Crippen LogP contribution in [0.15, 0.2) is 0 Å². The van der Waals surface area contributed by atoms with Gasteiger partial charge in [0.2, 0.25) is 18.6 Å². The van der Waals surface area contributed by atoms with Gasteiger partial charge in [0.1, 0.15) is 6.54 Å². The van der Waals surface area contributed by atoms with E-state index < -0.39 is 0 Å². The first-order chi connectivity index (χ1) is 4.44. The molecule has 5 atom stereocenters. The van der Waals surface area contributed by atoms with E-state index in [1.165, 1.54) is 18.6 Å². The smallest absolute Gasteiger partial charge is 0.276 e. The maximum atomic E-state index is 2.62. The normalized spacial score (nSPS) is 82.7. The fourth-order valence-electron chi connectivity index (χ4n) is 3.71. The molecule has 9 heavy (non-hydrogen) atoms. The van der Waals surface area contributed by atoms with Crippen molar-refractivity contribution in [3.8, 4) is 0 Å². The van der Waals surface area contributed by atoms with Gasteiger partial charge in [0.05, 0.1) is 0 Å². The summed E-state index contributed by atoms with van der Waals surface area (Å²) < 4.78 is 4.21. The standard InChI is InChI=1S/C7H8N2/c1-3-6-5(8(1)3)7-4-2-9(4,6)7/h4-7H,1-2H2/q+2. The summed E-state index contributed by atoms with van der Waals surface area (Å²) in [4.78, 5) is 0. The SMILES string of the molecule is C1C2=[N+]1C1C2[N+]23CC2C13. The first-order valence-electron chi connectivity index (χ1n) is 3.94. The summed E-state index contributed by atoms with van der Waals surface area (Å²) in [6.45, 7) is 2.95. The van der Waals surface area contributed by atoms with E-state index in [1.54, 1.807) is 11.0 Å². The Morgan fingerprint density at radius 2 is 2.56 bits per heavy atom. The van der Waals surface area contributed by atoms with Crippen LogP contribution in [0.5, 0.6) is 0 Å². The van der Waals surface area contributed by atoms with Crippen LogP contribution in [0.25, 0.3) is 0 Å². The van der Waals surface area contributed by atoms with Gasteiger partial charge in [-0.05, 0) is 0 Å². The van der Waals surface area contributed by atoms with Crippen LogP contribution < -0.4 is 0 Å². The van der Waals surface area contributed by atoms with Gasteiger partial charge in [0.15, 0.2) is 6.04 Å². The highest BCUT2D eigenvalue weighted by Gasteiger charge is 3.07. The number of nitrogens with zero attached hydrogens (tertiary/aromatic N) is 2. The largest absolute Gasteiger partial charge is 0.284 e. The molecule has 0 aliphatic carbocycles. The number of quaternary nitrogens is 1. The van der Waals surface area contributed by atoms with E-state index in [9.17, 15) is 0 Å². The molecule has 0 N–H and O–H groups in total. The van der Waals surface area contributed by atoms with Crippen molar-refractivity contribution in [2.45, 2.75) is 24.2 Å². The van der Waals surface area contributed by atoms with Crippen LogP contribution in [0.4, 0.5) is 0 Å². The lowest BCUT2D eigenvalue weighted by atomic mass is 9.88. The molecule has 0 bridgehead atoms. The van der Waals surface area contributed by atoms with Crippen LogP contribution in [0.3, 0.4) is 0 Å². The average molecular weight is 120 g/mol. The zero-order valence-electron chi connectivity index (χ0n) is 5.12. The van der Waals surface area contributed by atoms with Crippen LogP contribution in [0.1, 0.15) is 0 Å². The molecule has 5 aliphatic heterocycles. The van der Waals surface area contributed by atoms with Gasteiger partial charge in [-0.25, -0.2) is 4.58 Å². The summed E-state index contributed by atoms with van der Waals surface area (Å²) in [7, 11) is 0. The summed E-state index contributed by atoms with van der Waals surface area (Å²) in [5, 5.41) is 0. The minimum atomic E-state index is 1.08. The van der Waals surface area contributed by atoms with E-state index in [1.807, 2.05) is 5.71 Å². The number of hydrogen-bond donors (Lipinski definition) is 0. The fourth-order valence-corrected chi connectivity index (χ4v) is 3.71. The van der Waals surface area contributed by atoms with Gasteiger partial charge in [-0.1, -0.05) is 0 Å². The minimum absolute atomic E-state index is 1.08. The minimum Gasteiger partial charge on any atom is -0.276 e. The van der Waals surface area contributed by atoms with Crippen molar-refractivity contribution in [3.05, 3.63) is 0 Å². The van der Waals surface area contributed by atoms with Crippen molar-refractivity contribution in [3.63, 3.8) is 0 Å². The van der Waals surface area contributed by atoms with Crippen LogP contribution in [0.2, 0.25) is 0 Å². The number of rotatable bonds is 0. The van der Waals surface area contributed by atoms with Gasteiger partial charge in [-0.15, -0.1) is 0 Å². The Hall–Kier alpha value is -0.370. The highest BCUT2D eigenvalue weighted by Crippen LogP contribution is 2.73. The lowest BCUT2D eigenvalue weighted by Gasteiger charge is -2.33. The quantitative estimate of drug-likeness (QED) is 0.214. The van der Waals surface area contributed by atoms with Crippen molar-refractivity contribution in [1.82, 2.24) is 0 Å². The molecule has 0 radical (unpaired) electrons. The van der Waals surface area contributed by atoms with Crippen LogP contribution in [0, 0.1) is 0 Å². The molecule has 5 heterocycles. The summed E-state index contributed by atoms with van der Waals surface area (Å²) in [5.41, 5.74) is 1.82. The highest BCUT2D eigenvalue weighted by atomic mass is 15.8. The maximum Gasteiger partial charge on any atom is 0.284 e. The van der Waals surface area contributed by atoms with Crippen LogP contribution >= 0.6 is 0 Å². The molecule has 5 rings (SSSR count). The van der Waals surface area contributed by atoms with E-state index in [-0.39, 0.29) is 0 Å². The highest BCUT2D eigenvalue weighted by molar-refractivity contribution is 5.98. The molecule has 1 spiro atoms. The molecular formula is C7H8N2+2. The third kappa shape index (κ3) is 0.121. The molecule has 0 aromatic heterocycles. The maximum absolute atomic E-state index is 2.62. The molecule has 0 aromatic carbocycles. The Morgan fingerprint density at radius 1 is 1.56 bits per heavy atom. The number of piperidine rings is 1. The van der Waals surface area contributed by atoms with Crippen LogP contribution in [-0.2, 0) is 0 Å². The topological polar surface area (TPSA) is 3.01 Å². The van der Waals surface area contributed by atoms with E-state index in [2.05, 4.69) is 4.58 Å². The lowest BCUT2D eigenvalue weighted by molar-refractivity contribution is -0.846. The van der Waals surface area contributed by atoms with Crippen molar-refractivity contribution in [2.75, 3.05) is 13.1 Å². The zero-order valence-corrected chi connectivity index (χ0v) is 5.12. The summed E-state index contributed by atoms with van der Waals surface area (Å²) in [5.74, 6) is 0. The van der Waals surface area contributed by atoms with E-state index >= 15 is 0 Å². The average Bonchev–Trinajstić information content (AvgIpc) is 2.64. The van der Waals surface area contributed by atoms with E-state index in [0.717, 1.165) is 12.1 Å². The Kier molecular flexibility index (Phi) is 0.179. The molecule has 5 unspecified atom stereocenters. The van der Waals surface area contributed by atoms with Gasteiger partial charge in [-0.2, -0.15) is 0 Å². The number of hydrogen-bond acceptors (Lipinski definition) is 0. The van der Waals surface area contributed by atoms with Gasteiger partial charge < -0.3 is 0 Å². The first kappa shape index (κ1) is 3.15. The molecule has 2 nitrogen and oxygen atoms in total. The van der Waals surface area contributed by atoms with E-state index in [4.69, 9.17) is 0 Å². The van der Waals surface area contributed by atoms with Crippen molar-refractivity contribution in [2.24, 2.45) is 0 Å². The molecule has 3 fully saturated rings. The Labute approximate surface area is 53.0 Å². The Balaban J connectivity index is 1.89. The molecule has 0 amide bonds. The van der Waals surface area contributed by atoms with Gasteiger partial charge >= 0.3 is 0 Å². The van der Waals surface area contributed by atoms with Crippen molar-refractivity contribution < 1.29 is 9.06 Å². The predicted octanol–water partition coefficient (Wildman–Crippen LogP) is -1.20. The predicted molar refractivity (Wildman–Crippen MR) is 30.4 cm³/mol. The Bertz CT molecular complexity index is 306. The third-order valence-electron chi connectivity index (χ3n) is 4.34. The van der Waals surface area contributed by atoms with Crippen molar-refractivity contribution >= 4 is 5.71 Å². The molecule has 44 valence electrons. The van der Waals surface area contributed by atoms with Gasteiger partial charge in [0.25, 0.3) is 11.8 Å². The van der Waals surface area contributed by atoms with Crippen molar-refractivity contribution in [1.29, 1.82) is 0 Å². The Morgan fingerprint density at radius 3 is 3.33 bits per heavy atom. The second-order valence-corrected chi connectivity index (χ2v) is 4.29. The second-order valence-electron chi connectivity index (χ2n) is 4.29. The second kappa shape index (κ2) is 0.511. The lowest BCUT2D eigenvalue weighted by Crippen LogP contribution is -2.67. The zero-order chi connectivity index (χ0) is 5.38. The third-order valence-corrected chi connectivity index (χ3v) is 4.34. The summed E-state index contributed by atoms with van der Waals surface area (Å²) in [6, 6.07) is 4.53. The van der Waals surface area contributed by atoms with E-state index in [0.29, 0.717) is 0 Å². The molecule has 0 saturated carbocycles. The van der Waals surface area contributed by atoms with Gasteiger partial charge in [0, 0.05) is 0 Å². The summed E-state index contributed by atoms with van der Waals surface area (Å²) >= 11 is 0. The fraction of sp³-hybridized carbons (Fsp3) is 0.857. The first-order valence-corrected chi connectivity index (χ1v) is 3.94. The molecule has 0 aromatic rings. The molecular weight excluding hydrogens is 112 g/mol. The summed E-state index contributed by atoms with van der Waals surface area (Å²) in [6.07, 6.45) is 0. The molecule has 2 heteroatoms. The molecule has 3 saturated heterocycles. The molecule has 5 aliphatic rings. The monoisotopic (exact) mass is 120 g/mol. The van der Waals surface area contributed by atoms with Crippen LogP contribution in [-0.4, -0.2) is 52.0 Å².